The van der Waals surface area contributed by atoms with Crippen molar-refractivity contribution in [3.63, 3.8) is 0 Å². The molecule has 0 aromatic rings. The standard InChI is InChI=1S/C13H21N3O2S.ClH/c1-13-4-2-11(17)16(13)10(8-19-13)12(18)15-5-3-9(6-14)7-15;/h9-10H,2-8,14H2,1H3;1H. The number of fused-ring (bicyclic) bond motifs is 1. The van der Waals surface area contributed by atoms with Gasteiger partial charge in [-0.3, -0.25) is 9.59 Å². The Morgan fingerprint density at radius 2 is 2.30 bits per heavy atom. The lowest BCUT2D eigenvalue weighted by atomic mass is 10.1. The summed E-state index contributed by atoms with van der Waals surface area (Å²) in [5.74, 6) is 1.44. The molecule has 3 aliphatic rings. The van der Waals surface area contributed by atoms with Crippen LogP contribution in [-0.2, 0) is 9.59 Å². The Labute approximate surface area is 130 Å². The van der Waals surface area contributed by atoms with Crippen LogP contribution in [-0.4, -0.2) is 57.9 Å². The molecule has 3 atom stereocenters. The second-order valence-electron chi connectivity index (χ2n) is 5.94. The highest BCUT2D eigenvalue weighted by Crippen LogP contribution is 2.47. The van der Waals surface area contributed by atoms with E-state index in [0.29, 0.717) is 18.9 Å². The van der Waals surface area contributed by atoms with Crippen molar-refractivity contribution < 1.29 is 9.59 Å². The summed E-state index contributed by atoms with van der Waals surface area (Å²) in [6, 6.07) is -0.249. The lowest BCUT2D eigenvalue weighted by molar-refractivity contribution is -0.143. The van der Waals surface area contributed by atoms with Gasteiger partial charge < -0.3 is 15.5 Å². The Morgan fingerprint density at radius 3 is 2.95 bits per heavy atom. The fraction of sp³-hybridized carbons (Fsp3) is 0.846. The first kappa shape index (κ1) is 15.9. The van der Waals surface area contributed by atoms with E-state index in [1.54, 1.807) is 11.8 Å². The summed E-state index contributed by atoms with van der Waals surface area (Å²) in [5, 5.41) is 0. The monoisotopic (exact) mass is 319 g/mol. The van der Waals surface area contributed by atoms with Crippen LogP contribution in [0, 0.1) is 5.92 Å². The van der Waals surface area contributed by atoms with Gasteiger partial charge >= 0.3 is 0 Å². The predicted octanol–water partition coefficient (Wildman–Crippen LogP) is 0.669. The fourth-order valence-corrected chi connectivity index (χ4v) is 4.86. The second-order valence-corrected chi connectivity index (χ2v) is 7.44. The molecule has 2 amide bonds. The Hall–Kier alpha value is -0.460. The van der Waals surface area contributed by atoms with Crippen LogP contribution in [0.3, 0.4) is 0 Å². The number of amides is 2. The van der Waals surface area contributed by atoms with Crippen LogP contribution in [0.15, 0.2) is 0 Å². The van der Waals surface area contributed by atoms with Crippen LogP contribution >= 0.6 is 24.2 Å². The van der Waals surface area contributed by atoms with Crippen LogP contribution in [0.1, 0.15) is 26.2 Å². The van der Waals surface area contributed by atoms with E-state index in [-0.39, 0.29) is 35.1 Å². The fourth-order valence-electron chi connectivity index (χ4n) is 3.44. The van der Waals surface area contributed by atoms with Crippen LogP contribution in [0.4, 0.5) is 0 Å². The van der Waals surface area contributed by atoms with Crippen molar-refractivity contribution in [2.45, 2.75) is 37.1 Å². The van der Waals surface area contributed by atoms with Gasteiger partial charge in [0.1, 0.15) is 6.04 Å². The number of nitrogens with two attached hydrogens (primary N) is 1. The minimum Gasteiger partial charge on any atom is -0.341 e. The zero-order chi connectivity index (χ0) is 13.6. The average molecular weight is 320 g/mol. The highest BCUT2D eigenvalue weighted by molar-refractivity contribution is 8.01. The Balaban J connectivity index is 0.00000147. The quantitative estimate of drug-likeness (QED) is 0.812. The van der Waals surface area contributed by atoms with Crippen molar-refractivity contribution in [2.75, 3.05) is 25.4 Å². The summed E-state index contributed by atoms with van der Waals surface area (Å²) in [5.41, 5.74) is 5.67. The van der Waals surface area contributed by atoms with Gasteiger partial charge in [-0.1, -0.05) is 0 Å². The summed E-state index contributed by atoms with van der Waals surface area (Å²) in [6.07, 6.45) is 2.44. The number of likely N-dealkylation sites (tertiary alicyclic amines) is 1. The Bertz CT molecular complexity index is 422. The first-order valence-corrected chi connectivity index (χ1v) is 7.99. The van der Waals surface area contributed by atoms with Crippen LogP contribution in [0.5, 0.6) is 0 Å². The second kappa shape index (κ2) is 5.73. The average Bonchev–Trinajstić information content (AvgIpc) is 3.05. The van der Waals surface area contributed by atoms with Crippen molar-refractivity contribution in [3.8, 4) is 0 Å². The first-order valence-electron chi connectivity index (χ1n) is 7.00. The molecule has 3 unspecified atom stereocenters. The van der Waals surface area contributed by atoms with Crippen molar-refractivity contribution in [1.29, 1.82) is 0 Å². The maximum absolute atomic E-state index is 12.6. The number of carbonyl (C=O) groups is 2. The van der Waals surface area contributed by atoms with E-state index in [1.807, 2.05) is 9.80 Å². The zero-order valence-electron chi connectivity index (χ0n) is 11.7. The van der Waals surface area contributed by atoms with E-state index in [9.17, 15) is 9.59 Å². The zero-order valence-corrected chi connectivity index (χ0v) is 13.3. The summed E-state index contributed by atoms with van der Waals surface area (Å²) < 4.78 is 0. The molecule has 0 aliphatic carbocycles. The summed E-state index contributed by atoms with van der Waals surface area (Å²) in [7, 11) is 0. The lowest BCUT2D eigenvalue weighted by Crippen LogP contribution is -2.51. The number of hydrogen-bond acceptors (Lipinski definition) is 4. The highest BCUT2D eigenvalue weighted by Gasteiger charge is 2.53. The predicted molar refractivity (Wildman–Crippen MR) is 81.7 cm³/mol. The molecule has 3 saturated heterocycles. The molecule has 5 nitrogen and oxygen atoms in total. The van der Waals surface area contributed by atoms with Gasteiger partial charge in [0, 0.05) is 25.3 Å². The van der Waals surface area contributed by atoms with Gasteiger partial charge in [-0.05, 0) is 32.2 Å². The largest absolute Gasteiger partial charge is 0.341 e. The molecule has 0 spiro atoms. The van der Waals surface area contributed by atoms with Gasteiger partial charge in [-0.2, -0.15) is 0 Å². The van der Waals surface area contributed by atoms with Crippen molar-refractivity contribution in [3.05, 3.63) is 0 Å². The number of nitrogens with zero attached hydrogens (tertiary/aromatic N) is 2. The van der Waals surface area contributed by atoms with Gasteiger partial charge in [0.25, 0.3) is 0 Å². The SMILES string of the molecule is CC12CCC(=O)N1C(C(=O)N1CCC(CN)C1)CS2.Cl. The molecule has 7 heteroatoms. The van der Waals surface area contributed by atoms with Crippen molar-refractivity contribution in [2.24, 2.45) is 11.7 Å². The summed E-state index contributed by atoms with van der Waals surface area (Å²) >= 11 is 1.75. The minimum atomic E-state index is -0.249. The van der Waals surface area contributed by atoms with E-state index >= 15 is 0 Å². The van der Waals surface area contributed by atoms with Gasteiger partial charge in [0.15, 0.2) is 0 Å². The molecule has 0 aromatic carbocycles. The topological polar surface area (TPSA) is 66.6 Å². The first-order chi connectivity index (χ1) is 9.05. The third kappa shape index (κ3) is 2.42. The molecule has 114 valence electrons. The highest BCUT2D eigenvalue weighted by atomic mass is 35.5. The maximum Gasteiger partial charge on any atom is 0.246 e. The van der Waals surface area contributed by atoms with E-state index in [0.717, 1.165) is 31.7 Å². The number of hydrogen-bond donors (Lipinski definition) is 1. The van der Waals surface area contributed by atoms with E-state index in [4.69, 9.17) is 5.73 Å². The van der Waals surface area contributed by atoms with Crippen molar-refractivity contribution >= 4 is 36.0 Å². The minimum absolute atomic E-state index is 0. The van der Waals surface area contributed by atoms with Gasteiger partial charge in [-0.25, -0.2) is 0 Å². The van der Waals surface area contributed by atoms with Crippen molar-refractivity contribution in [1.82, 2.24) is 9.80 Å². The lowest BCUT2D eigenvalue weighted by Gasteiger charge is -2.31. The van der Waals surface area contributed by atoms with E-state index in [2.05, 4.69) is 6.92 Å². The van der Waals surface area contributed by atoms with E-state index in [1.165, 1.54) is 0 Å². The molecule has 0 bridgehead atoms. The maximum atomic E-state index is 12.6. The smallest absolute Gasteiger partial charge is 0.246 e. The summed E-state index contributed by atoms with van der Waals surface area (Å²) in [4.78, 5) is 28.2. The number of carbonyl (C=O) groups excluding carboxylic acids is 2. The normalized spacial score (nSPS) is 36.2. The van der Waals surface area contributed by atoms with E-state index < -0.39 is 0 Å². The van der Waals surface area contributed by atoms with Gasteiger partial charge in [0.05, 0.1) is 4.87 Å². The Kier molecular flexibility index (Phi) is 4.56. The molecule has 3 rings (SSSR count). The molecule has 0 radical (unpaired) electrons. The molecule has 3 aliphatic heterocycles. The number of rotatable bonds is 2. The molecular formula is C13H22ClN3O2S. The third-order valence-electron chi connectivity index (χ3n) is 4.66. The van der Waals surface area contributed by atoms with Crippen LogP contribution in [0.25, 0.3) is 0 Å². The molecule has 2 N–H and O–H groups in total. The van der Waals surface area contributed by atoms with Crippen LogP contribution < -0.4 is 5.73 Å². The molecule has 3 fully saturated rings. The van der Waals surface area contributed by atoms with Gasteiger partial charge in [0.2, 0.25) is 11.8 Å². The molecular weight excluding hydrogens is 298 g/mol. The molecule has 3 heterocycles. The molecule has 0 aromatic heterocycles. The number of halogens is 1. The molecule has 20 heavy (non-hydrogen) atoms. The van der Waals surface area contributed by atoms with Gasteiger partial charge in [-0.15, -0.1) is 24.2 Å². The molecule has 0 saturated carbocycles. The Morgan fingerprint density at radius 1 is 1.55 bits per heavy atom. The van der Waals surface area contributed by atoms with Crippen LogP contribution in [0.2, 0.25) is 0 Å². The number of thioether (sulfide) groups is 1. The third-order valence-corrected chi connectivity index (χ3v) is 6.17. The summed E-state index contributed by atoms with van der Waals surface area (Å²) in [6.45, 7) is 4.28.